The number of nitrogens with one attached hydrogen (secondary N) is 1. The van der Waals surface area contributed by atoms with Crippen molar-refractivity contribution >= 4 is 16.9 Å². The van der Waals surface area contributed by atoms with E-state index in [1.807, 2.05) is 35.9 Å². The first-order valence-electron chi connectivity index (χ1n) is 6.67. The van der Waals surface area contributed by atoms with Crippen LogP contribution in [-0.2, 0) is 7.05 Å². The summed E-state index contributed by atoms with van der Waals surface area (Å²) in [5.74, 6) is 0.615. The first-order valence-corrected chi connectivity index (χ1v) is 6.67. The van der Waals surface area contributed by atoms with Crippen molar-refractivity contribution in [2.75, 3.05) is 5.73 Å². The Morgan fingerprint density at radius 2 is 2.15 bits per heavy atom. The lowest BCUT2D eigenvalue weighted by atomic mass is 10.1. The summed E-state index contributed by atoms with van der Waals surface area (Å²) in [6.45, 7) is 0. The van der Waals surface area contributed by atoms with Gasteiger partial charge in [0.05, 0.1) is 16.7 Å². The standard InChI is InChI=1S/C14H15N5O/c1-18-13(15)7-10(17-18)8-2-5-12-11(6-8)16-14(20)19(12)9-3-4-9/h2,5-7,9H,3-4,15H2,1H3,(H,16,20). The minimum absolute atomic E-state index is 0.0276. The van der Waals surface area contributed by atoms with E-state index in [9.17, 15) is 4.79 Å². The van der Waals surface area contributed by atoms with Crippen molar-refractivity contribution < 1.29 is 0 Å². The Morgan fingerprint density at radius 3 is 2.80 bits per heavy atom. The fourth-order valence-corrected chi connectivity index (χ4v) is 2.61. The fourth-order valence-electron chi connectivity index (χ4n) is 2.61. The monoisotopic (exact) mass is 269 g/mol. The molecule has 1 aliphatic rings. The van der Waals surface area contributed by atoms with Gasteiger partial charge in [0.15, 0.2) is 0 Å². The van der Waals surface area contributed by atoms with E-state index in [1.54, 1.807) is 4.68 Å². The van der Waals surface area contributed by atoms with E-state index in [0.29, 0.717) is 11.9 Å². The van der Waals surface area contributed by atoms with Crippen LogP contribution < -0.4 is 11.4 Å². The van der Waals surface area contributed by atoms with Gasteiger partial charge in [0.1, 0.15) is 5.82 Å². The van der Waals surface area contributed by atoms with Gasteiger partial charge in [0.2, 0.25) is 0 Å². The van der Waals surface area contributed by atoms with E-state index >= 15 is 0 Å². The van der Waals surface area contributed by atoms with E-state index in [4.69, 9.17) is 5.73 Å². The normalized spacial score (nSPS) is 15.1. The number of benzene rings is 1. The maximum absolute atomic E-state index is 12.0. The smallest absolute Gasteiger partial charge is 0.326 e. The third-order valence-corrected chi connectivity index (χ3v) is 3.84. The van der Waals surface area contributed by atoms with Crippen LogP contribution >= 0.6 is 0 Å². The maximum atomic E-state index is 12.0. The third-order valence-electron chi connectivity index (χ3n) is 3.84. The molecule has 20 heavy (non-hydrogen) atoms. The molecular weight excluding hydrogens is 254 g/mol. The van der Waals surface area contributed by atoms with Crippen molar-refractivity contribution in [3.8, 4) is 11.3 Å². The predicted octanol–water partition coefficient (Wildman–Crippen LogP) is 1.65. The molecule has 2 heterocycles. The summed E-state index contributed by atoms with van der Waals surface area (Å²) in [4.78, 5) is 14.9. The summed E-state index contributed by atoms with van der Waals surface area (Å²) in [6.07, 6.45) is 2.18. The van der Waals surface area contributed by atoms with Crippen molar-refractivity contribution in [1.82, 2.24) is 19.3 Å². The van der Waals surface area contributed by atoms with Gasteiger partial charge in [-0.3, -0.25) is 9.25 Å². The number of aromatic amines is 1. The summed E-state index contributed by atoms with van der Waals surface area (Å²) < 4.78 is 3.49. The Balaban J connectivity index is 1.89. The molecule has 0 atom stereocenters. The molecule has 0 aliphatic heterocycles. The van der Waals surface area contributed by atoms with E-state index in [2.05, 4.69) is 10.1 Å². The van der Waals surface area contributed by atoms with Crippen molar-refractivity contribution in [3.63, 3.8) is 0 Å². The number of nitrogen functional groups attached to an aromatic ring is 1. The number of imidazole rings is 1. The molecule has 3 N–H and O–H groups in total. The first-order chi connectivity index (χ1) is 9.63. The maximum Gasteiger partial charge on any atom is 0.326 e. The number of anilines is 1. The lowest BCUT2D eigenvalue weighted by Gasteiger charge is -2.01. The third kappa shape index (κ3) is 1.57. The van der Waals surface area contributed by atoms with Gasteiger partial charge in [-0.25, -0.2) is 4.79 Å². The molecule has 3 aromatic rings. The molecule has 0 unspecified atom stereocenters. The Hall–Kier alpha value is -2.50. The SMILES string of the molecule is Cn1nc(-c2ccc3c(c2)[nH]c(=O)n3C2CC2)cc1N. The summed E-state index contributed by atoms with van der Waals surface area (Å²) in [5.41, 5.74) is 9.36. The van der Waals surface area contributed by atoms with Crippen LogP contribution in [0.25, 0.3) is 22.3 Å². The first kappa shape index (κ1) is 11.3. The van der Waals surface area contributed by atoms with Gasteiger partial charge in [0.25, 0.3) is 0 Å². The Labute approximate surface area is 114 Å². The molecule has 0 amide bonds. The largest absolute Gasteiger partial charge is 0.384 e. The van der Waals surface area contributed by atoms with Gasteiger partial charge in [0, 0.05) is 24.7 Å². The molecular formula is C14H15N5O. The second-order valence-corrected chi connectivity index (χ2v) is 5.34. The van der Waals surface area contributed by atoms with Crippen LogP contribution in [0.3, 0.4) is 0 Å². The number of aromatic nitrogens is 4. The number of nitrogens with two attached hydrogens (primary N) is 1. The molecule has 1 saturated carbocycles. The zero-order valence-corrected chi connectivity index (χ0v) is 11.1. The van der Waals surface area contributed by atoms with Crippen molar-refractivity contribution in [2.24, 2.45) is 7.05 Å². The highest BCUT2D eigenvalue weighted by Crippen LogP contribution is 2.36. The topological polar surface area (TPSA) is 81.6 Å². The number of aryl methyl sites for hydroxylation is 1. The van der Waals surface area contributed by atoms with Gasteiger partial charge < -0.3 is 10.7 Å². The molecule has 0 bridgehead atoms. The average molecular weight is 269 g/mol. The van der Waals surface area contributed by atoms with Gasteiger partial charge in [-0.1, -0.05) is 6.07 Å². The number of rotatable bonds is 2. The van der Waals surface area contributed by atoms with E-state index in [0.717, 1.165) is 35.1 Å². The second kappa shape index (κ2) is 3.75. The zero-order valence-electron chi connectivity index (χ0n) is 11.1. The Bertz CT molecular complexity index is 846. The van der Waals surface area contributed by atoms with E-state index in [-0.39, 0.29) is 5.69 Å². The average Bonchev–Trinajstić information content (AvgIpc) is 3.11. The molecule has 0 saturated heterocycles. The van der Waals surface area contributed by atoms with Crippen molar-refractivity contribution in [1.29, 1.82) is 0 Å². The molecule has 6 heteroatoms. The quantitative estimate of drug-likeness (QED) is 0.742. The summed E-state index contributed by atoms with van der Waals surface area (Å²) >= 11 is 0. The highest BCUT2D eigenvalue weighted by atomic mass is 16.1. The summed E-state index contributed by atoms with van der Waals surface area (Å²) in [5, 5.41) is 4.36. The molecule has 102 valence electrons. The second-order valence-electron chi connectivity index (χ2n) is 5.34. The van der Waals surface area contributed by atoms with Gasteiger partial charge in [-0.2, -0.15) is 5.10 Å². The minimum atomic E-state index is -0.0276. The molecule has 1 aliphatic carbocycles. The van der Waals surface area contributed by atoms with Gasteiger partial charge in [-0.15, -0.1) is 0 Å². The van der Waals surface area contributed by atoms with Crippen LogP contribution in [0.5, 0.6) is 0 Å². The minimum Gasteiger partial charge on any atom is -0.384 e. The Morgan fingerprint density at radius 1 is 1.35 bits per heavy atom. The van der Waals surface area contributed by atoms with Crippen LogP contribution in [0.4, 0.5) is 5.82 Å². The number of nitrogens with zero attached hydrogens (tertiary/aromatic N) is 3. The van der Waals surface area contributed by atoms with Crippen LogP contribution in [-0.4, -0.2) is 19.3 Å². The Kier molecular flexibility index (Phi) is 2.13. The predicted molar refractivity (Wildman–Crippen MR) is 77.4 cm³/mol. The molecule has 6 nitrogen and oxygen atoms in total. The molecule has 0 radical (unpaired) electrons. The lowest BCUT2D eigenvalue weighted by molar-refractivity contribution is 0.733. The van der Waals surface area contributed by atoms with Crippen LogP contribution in [0.2, 0.25) is 0 Å². The number of hydrogen-bond acceptors (Lipinski definition) is 3. The summed E-state index contributed by atoms with van der Waals surface area (Å²) in [6, 6.07) is 8.11. The van der Waals surface area contributed by atoms with Gasteiger partial charge in [-0.05, 0) is 25.0 Å². The molecule has 0 spiro atoms. The lowest BCUT2D eigenvalue weighted by Crippen LogP contribution is -2.14. The van der Waals surface area contributed by atoms with Gasteiger partial charge >= 0.3 is 5.69 Å². The number of hydrogen-bond donors (Lipinski definition) is 2. The highest BCUT2D eigenvalue weighted by Gasteiger charge is 2.27. The number of H-pyrrole nitrogens is 1. The molecule has 4 rings (SSSR count). The number of fused-ring (bicyclic) bond motifs is 1. The van der Waals surface area contributed by atoms with Crippen molar-refractivity contribution in [2.45, 2.75) is 18.9 Å². The van der Waals surface area contributed by atoms with Crippen LogP contribution in [0.15, 0.2) is 29.1 Å². The van der Waals surface area contributed by atoms with E-state index in [1.165, 1.54) is 0 Å². The molecule has 1 fully saturated rings. The fraction of sp³-hybridized carbons (Fsp3) is 0.286. The summed E-state index contributed by atoms with van der Waals surface area (Å²) in [7, 11) is 1.81. The highest BCUT2D eigenvalue weighted by molar-refractivity contribution is 5.81. The molecule has 2 aromatic heterocycles. The molecule has 1 aromatic carbocycles. The van der Waals surface area contributed by atoms with E-state index < -0.39 is 0 Å². The van der Waals surface area contributed by atoms with Crippen LogP contribution in [0.1, 0.15) is 18.9 Å². The zero-order chi connectivity index (χ0) is 13.9. The van der Waals surface area contributed by atoms with Crippen molar-refractivity contribution in [3.05, 3.63) is 34.7 Å². The van der Waals surface area contributed by atoms with Crippen LogP contribution in [0, 0.1) is 0 Å².